The number of halogens is 1. The molecule has 118 valence electrons. The minimum Gasteiger partial charge on any atom is -0.480 e. The molecule has 0 aliphatic rings. The van der Waals surface area contributed by atoms with Gasteiger partial charge in [0.05, 0.1) is 0 Å². The Morgan fingerprint density at radius 3 is 2.65 bits per heavy atom. The van der Waals surface area contributed by atoms with Gasteiger partial charge in [0.15, 0.2) is 0 Å². The standard InChI is InChI=1S/C18H17ClN2O2/c19-14-7-5-12(6-8-14)10-20-17(18(22)23)9-13-11-21-16-4-2-1-3-15(13)16/h1-8,11,17,20-21H,9-10H2,(H,22,23)/t17-/m0/s1. The highest BCUT2D eigenvalue weighted by molar-refractivity contribution is 6.30. The number of aromatic amines is 1. The Kier molecular flexibility index (Phi) is 4.65. The molecule has 4 nitrogen and oxygen atoms in total. The SMILES string of the molecule is O=C(O)[C@H](Cc1c[nH]c2ccccc12)NCc1ccc(Cl)cc1. The minimum absolute atomic E-state index is 0.424. The van der Waals surface area contributed by atoms with E-state index in [1.807, 2.05) is 42.6 Å². The summed E-state index contributed by atoms with van der Waals surface area (Å²) in [6, 6.07) is 14.6. The molecule has 0 bridgehead atoms. The molecular weight excluding hydrogens is 312 g/mol. The highest BCUT2D eigenvalue weighted by atomic mass is 35.5. The average Bonchev–Trinajstić information content (AvgIpc) is 2.96. The van der Waals surface area contributed by atoms with E-state index in [2.05, 4.69) is 10.3 Å². The van der Waals surface area contributed by atoms with Gasteiger partial charge in [-0.05, 0) is 29.3 Å². The van der Waals surface area contributed by atoms with Gasteiger partial charge < -0.3 is 15.4 Å². The molecule has 0 aliphatic carbocycles. The van der Waals surface area contributed by atoms with Crippen LogP contribution in [0.5, 0.6) is 0 Å². The van der Waals surface area contributed by atoms with Crippen LogP contribution in [-0.2, 0) is 17.8 Å². The first-order chi connectivity index (χ1) is 11.1. The number of fused-ring (bicyclic) bond motifs is 1. The van der Waals surface area contributed by atoms with Crippen molar-refractivity contribution >= 4 is 28.5 Å². The van der Waals surface area contributed by atoms with Crippen molar-refractivity contribution in [1.82, 2.24) is 10.3 Å². The molecule has 1 heterocycles. The summed E-state index contributed by atoms with van der Waals surface area (Å²) in [5, 5.41) is 14.3. The number of hydrogen-bond donors (Lipinski definition) is 3. The van der Waals surface area contributed by atoms with Gasteiger partial charge in [0, 0.05) is 35.1 Å². The van der Waals surface area contributed by atoms with Gasteiger partial charge in [-0.3, -0.25) is 4.79 Å². The molecule has 5 heteroatoms. The second kappa shape index (κ2) is 6.86. The normalized spacial score (nSPS) is 12.4. The Balaban J connectivity index is 1.71. The minimum atomic E-state index is -0.857. The monoisotopic (exact) mass is 328 g/mol. The zero-order valence-corrected chi connectivity index (χ0v) is 13.2. The van der Waals surface area contributed by atoms with Crippen molar-refractivity contribution in [1.29, 1.82) is 0 Å². The number of aliphatic carboxylic acids is 1. The summed E-state index contributed by atoms with van der Waals surface area (Å²) in [4.78, 5) is 14.7. The molecule has 0 saturated heterocycles. The fourth-order valence-electron chi connectivity index (χ4n) is 2.61. The van der Waals surface area contributed by atoms with Crippen molar-refractivity contribution < 1.29 is 9.90 Å². The van der Waals surface area contributed by atoms with Gasteiger partial charge in [-0.15, -0.1) is 0 Å². The highest BCUT2D eigenvalue weighted by Gasteiger charge is 2.19. The van der Waals surface area contributed by atoms with Crippen molar-refractivity contribution in [3.8, 4) is 0 Å². The van der Waals surface area contributed by atoms with Crippen molar-refractivity contribution in [2.24, 2.45) is 0 Å². The van der Waals surface area contributed by atoms with Gasteiger partial charge in [0.1, 0.15) is 6.04 Å². The molecule has 0 radical (unpaired) electrons. The predicted octanol–water partition coefficient (Wildman–Crippen LogP) is 3.61. The van der Waals surface area contributed by atoms with E-state index >= 15 is 0 Å². The van der Waals surface area contributed by atoms with Crippen LogP contribution < -0.4 is 5.32 Å². The Morgan fingerprint density at radius 2 is 1.91 bits per heavy atom. The number of H-pyrrole nitrogens is 1. The van der Waals surface area contributed by atoms with Crippen LogP contribution in [0.2, 0.25) is 5.02 Å². The van der Waals surface area contributed by atoms with Crippen LogP contribution in [0.1, 0.15) is 11.1 Å². The molecule has 3 rings (SSSR count). The smallest absolute Gasteiger partial charge is 0.321 e. The molecule has 1 atom stereocenters. The quantitative estimate of drug-likeness (QED) is 0.647. The van der Waals surface area contributed by atoms with Crippen molar-refractivity contribution in [3.05, 3.63) is 70.9 Å². The fourth-order valence-corrected chi connectivity index (χ4v) is 2.74. The van der Waals surface area contributed by atoms with Crippen molar-refractivity contribution in [2.45, 2.75) is 19.0 Å². The summed E-state index contributed by atoms with van der Waals surface area (Å²) in [5.74, 6) is -0.857. The number of carboxylic acid groups (broad SMARTS) is 1. The lowest BCUT2D eigenvalue weighted by Crippen LogP contribution is -2.38. The number of hydrogen-bond acceptors (Lipinski definition) is 2. The highest BCUT2D eigenvalue weighted by Crippen LogP contribution is 2.19. The third kappa shape index (κ3) is 3.73. The van der Waals surface area contributed by atoms with Crippen LogP contribution in [0, 0.1) is 0 Å². The van der Waals surface area contributed by atoms with Gasteiger partial charge in [-0.1, -0.05) is 41.9 Å². The maximum atomic E-state index is 11.5. The summed E-state index contributed by atoms with van der Waals surface area (Å²) in [6.45, 7) is 0.483. The van der Waals surface area contributed by atoms with E-state index in [0.29, 0.717) is 18.0 Å². The number of para-hydroxylation sites is 1. The number of nitrogens with one attached hydrogen (secondary N) is 2. The van der Waals surface area contributed by atoms with E-state index in [9.17, 15) is 9.90 Å². The van der Waals surface area contributed by atoms with Crippen molar-refractivity contribution in [2.75, 3.05) is 0 Å². The van der Waals surface area contributed by atoms with Crippen LogP contribution >= 0.6 is 11.6 Å². The zero-order valence-electron chi connectivity index (χ0n) is 12.4. The molecule has 0 aliphatic heterocycles. The number of carbonyl (C=O) groups is 1. The lowest BCUT2D eigenvalue weighted by Gasteiger charge is -2.14. The molecule has 3 N–H and O–H groups in total. The second-order valence-corrected chi connectivity index (χ2v) is 5.90. The lowest BCUT2D eigenvalue weighted by molar-refractivity contribution is -0.139. The molecule has 2 aromatic carbocycles. The lowest BCUT2D eigenvalue weighted by atomic mass is 10.0. The number of carboxylic acids is 1. The Bertz CT molecular complexity index is 811. The second-order valence-electron chi connectivity index (χ2n) is 5.46. The number of benzene rings is 2. The van der Waals surface area contributed by atoms with Crippen LogP contribution in [0.3, 0.4) is 0 Å². The molecule has 0 saturated carbocycles. The first kappa shape index (κ1) is 15.6. The Hall–Kier alpha value is -2.30. The van der Waals surface area contributed by atoms with Gasteiger partial charge in [-0.2, -0.15) is 0 Å². The average molecular weight is 329 g/mol. The van der Waals surface area contributed by atoms with Crippen LogP contribution in [-0.4, -0.2) is 22.1 Å². The topological polar surface area (TPSA) is 65.1 Å². The maximum absolute atomic E-state index is 11.5. The molecular formula is C18H17ClN2O2. The molecule has 1 aromatic heterocycles. The fraction of sp³-hybridized carbons (Fsp3) is 0.167. The molecule has 0 fully saturated rings. The largest absolute Gasteiger partial charge is 0.480 e. The summed E-state index contributed by atoms with van der Waals surface area (Å²) in [7, 11) is 0. The maximum Gasteiger partial charge on any atom is 0.321 e. The van der Waals surface area contributed by atoms with Crippen molar-refractivity contribution in [3.63, 3.8) is 0 Å². The van der Waals surface area contributed by atoms with Crippen LogP contribution in [0.15, 0.2) is 54.7 Å². The molecule has 0 spiro atoms. The molecule has 0 unspecified atom stereocenters. The Labute approximate surface area is 139 Å². The summed E-state index contributed by atoms with van der Waals surface area (Å²) >= 11 is 5.86. The van der Waals surface area contributed by atoms with E-state index in [1.54, 1.807) is 12.1 Å². The molecule has 3 aromatic rings. The third-order valence-electron chi connectivity index (χ3n) is 3.86. The van der Waals surface area contributed by atoms with E-state index in [-0.39, 0.29) is 0 Å². The Morgan fingerprint density at radius 1 is 1.17 bits per heavy atom. The van der Waals surface area contributed by atoms with E-state index < -0.39 is 12.0 Å². The number of rotatable bonds is 6. The zero-order chi connectivity index (χ0) is 16.2. The van der Waals surface area contributed by atoms with Gasteiger partial charge in [-0.25, -0.2) is 0 Å². The summed E-state index contributed by atoms with van der Waals surface area (Å²) in [5.41, 5.74) is 3.01. The van der Waals surface area contributed by atoms with Gasteiger partial charge in [0.25, 0.3) is 0 Å². The third-order valence-corrected chi connectivity index (χ3v) is 4.11. The first-order valence-electron chi connectivity index (χ1n) is 7.39. The molecule has 23 heavy (non-hydrogen) atoms. The van der Waals surface area contributed by atoms with E-state index in [1.165, 1.54) is 0 Å². The van der Waals surface area contributed by atoms with Gasteiger partial charge in [0.2, 0.25) is 0 Å². The number of aromatic nitrogens is 1. The predicted molar refractivity (Wildman–Crippen MR) is 91.7 cm³/mol. The first-order valence-corrected chi connectivity index (χ1v) is 7.77. The summed E-state index contributed by atoms with van der Waals surface area (Å²) in [6.07, 6.45) is 2.30. The van der Waals surface area contributed by atoms with Gasteiger partial charge >= 0.3 is 5.97 Å². The van der Waals surface area contributed by atoms with E-state index in [4.69, 9.17) is 11.6 Å². The summed E-state index contributed by atoms with van der Waals surface area (Å²) < 4.78 is 0. The van der Waals surface area contributed by atoms with E-state index in [0.717, 1.165) is 22.0 Å². The molecule has 0 amide bonds. The van der Waals surface area contributed by atoms with Crippen LogP contribution in [0.25, 0.3) is 10.9 Å². The van der Waals surface area contributed by atoms with Crippen LogP contribution in [0.4, 0.5) is 0 Å².